The van der Waals surface area contributed by atoms with Crippen LogP contribution in [0.3, 0.4) is 0 Å². The summed E-state index contributed by atoms with van der Waals surface area (Å²) in [5, 5.41) is 2.47. The molecule has 1 heterocycles. The number of pyridine rings is 1. The number of ether oxygens (including phenoxy) is 1. The third-order valence-electron chi connectivity index (χ3n) is 5.65. The quantitative estimate of drug-likeness (QED) is 0.373. The minimum Gasteiger partial charge on any atom is -1.00 e. The van der Waals surface area contributed by atoms with Gasteiger partial charge in [-0.3, -0.25) is 0 Å². The van der Waals surface area contributed by atoms with Gasteiger partial charge in [0.15, 0.2) is 0 Å². The summed E-state index contributed by atoms with van der Waals surface area (Å²) in [4.78, 5) is 2.34. The highest BCUT2D eigenvalue weighted by Crippen LogP contribution is 2.40. The molecule has 4 heteroatoms. The standard InChI is InChI=1S/C25H27N2O.ClH/c1-5-27(6-2)18-15-16-21(24(17-18)28-4)25-19-11-7-9-13-22(19)26(3)23-14-10-8-12-20(23)25;/h7-17H,5-6H2,1-4H3;1H/q+1;/p-1. The first-order valence-electron chi connectivity index (χ1n) is 9.92. The Morgan fingerprint density at radius 1 is 0.828 bits per heavy atom. The molecule has 29 heavy (non-hydrogen) atoms. The number of para-hydroxylation sites is 2. The number of halogens is 1. The van der Waals surface area contributed by atoms with Gasteiger partial charge in [0.2, 0.25) is 11.0 Å². The Bertz CT molecular complexity index is 1100. The second-order valence-corrected chi connectivity index (χ2v) is 7.03. The van der Waals surface area contributed by atoms with Crippen LogP contribution in [0.1, 0.15) is 13.8 Å². The van der Waals surface area contributed by atoms with Gasteiger partial charge in [0.1, 0.15) is 12.8 Å². The third kappa shape index (κ3) is 3.51. The van der Waals surface area contributed by atoms with Gasteiger partial charge in [-0.05, 0) is 38.1 Å². The average Bonchev–Trinajstić information content (AvgIpc) is 2.75. The second kappa shape index (κ2) is 8.71. The van der Waals surface area contributed by atoms with E-state index in [1.165, 1.54) is 33.1 Å². The molecule has 4 aromatic rings. The number of hydrogen-bond acceptors (Lipinski definition) is 2. The maximum atomic E-state index is 5.87. The van der Waals surface area contributed by atoms with Gasteiger partial charge in [-0.1, -0.05) is 24.3 Å². The fraction of sp³-hybridized carbons (Fsp3) is 0.240. The molecule has 3 nitrogen and oxygen atoms in total. The molecule has 1 aromatic heterocycles. The van der Waals surface area contributed by atoms with Crippen molar-refractivity contribution in [1.82, 2.24) is 0 Å². The van der Waals surface area contributed by atoms with Crippen LogP contribution in [0.15, 0.2) is 66.7 Å². The third-order valence-corrected chi connectivity index (χ3v) is 5.65. The smallest absolute Gasteiger partial charge is 0.213 e. The Kier molecular flexibility index (Phi) is 6.29. The van der Waals surface area contributed by atoms with E-state index in [2.05, 4.69) is 97.1 Å². The first-order valence-corrected chi connectivity index (χ1v) is 9.92. The van der Waals surface area contributed by atoms with Crippen molar-refractivity contribution in [1.29, 1.82) is 0 Å². The van der Waals surface area contributed by atoms with E-state index in [0.29, 0.717) is 0 Å². The van der Waals surface area contributed by atoms with Crippen molar-refractivity contribution in [2.45, 2.75) is 13.8 Å². The molecule has 0 aliphatic heterocycles. The summed E-state index contributed by atoms with van der Waals surface area (Å²) in [7, 11) is 3.90. The predicted octanol–water partition coefficient (Wildman–Crippen LogP) is 2.34. The molecule has 0 bridgehead atoms. The molecule has 0 fully saturated rings. The van der Waals surface area contributed by atoms with E-state index in [0.717, 1.165) is 24.4 Å². The summed E-state index contributed by atoms with van der Waals surface area (Å²) in [6.07, 6.45) is 0. The highest BCUT2D eigenvalue weighted by atomic mass is 35.5. The summed E-state index contributed by atoms with van der Waals surface area (Å²) in [6, 6.07) is 23.8. The van der Waals surface area contributed by atoms with Crippen molar-refractivity contribution >= 4 is 27.5 Å². The number of nitrogens with zero attached hydrogens (tertiary/aromatic N) is 2. The largest absolute Gasteiger partial charge is 1.00 e. The highest BCUT2D eigenvalue weighted by Gasteiger charge is 2.21. The molecule has 0 saturated carbocycles. The molecule has 3 aromatic carbocycles. The van der Waals surface area contributed by atoms with Gasteiger partial charge < -0.3 is 22.0 Å². The van der Waals surface area contributed by atoms with Crippen LogP contribution in [0.4, 0.5) is 5.69 Å². The van der Waals surface area contributed by atoms with Gasteiger partial charge in [-0.15, -0.1) is 0 Å². The van der Waals surface area contributed by atoms with E-state index >= 15 is 0 Å². The van der Waals surface area contributed by atoms with Crippen molar-refractivity contribution in [3.05, 3.63) is 66.7 Å². The number of aryl methyl sites for hydroxylation is 1. The molecule has 4 rings (SSSR count). The molecule has 0 aliphatic carbocycles. The SMILES string of the molecule is CCN(CC)c1ccc(-c2c3ccccc3[n+](C)c3ccccc23)c(OC)c1.[Cl-]. The monoisotopic (exact) mass is 406 g/mol. The zero-order valence-electron chi connectivity index (χ0n) is 17.4. The summed E-state index contributed by atoms with van der Waals surface area (Å²) >= 11 is 0. The highest BCUT2D eigenvalue weighted by molar-refractivity contribution is 6.08. The van der Waals surface area contributed by atoms with Crippen LogP contribution in [0, 0.1) is 0 Å². The van der Waals surface area contributed by atoms with Crippen molar-refractivity contribution in [3.63, 3.8) is 0 Å². The van der Waals surface area contributed by atoms with E-state index in [4.69, 9.17) is 4.74 Å². The molecule has 0 spiro atoms. The van der Waals surface area contributed by atoms with Gasteiger partial charge in [-0.25, -0.2) is 0 Å². The van der Waals surface area contributed by atoms with Crippen LogP contribution >= 0.6 is 0 Å². The number of methoxy groups -OCH3 is 1. The first-order chi connectivity index (χ1) is 13.7. The van der Waals surface area contributed by atoms with Gasteiger partial charge in [0.05, 0.1) is 17.9 Å². The van der Waals surface area contributed by atoms with E-state index in [1.807, 2.05) is 0 Å². The van der Waals surface area contributed by atoms with Crippen molar-refractivity contribution in [2.24, 2.45) is 7.05 Å². The fourth-order valence-electron chi connectivity index (χ4n) is 4.19. The summed E-state index contributed by atoms with van der Waals surface area (Å²) in [5.74, 6) is 0.911. The first kappa shape index (κ1) is 20.9. The van der Waals surface area contributed by atoms with Crippen LogP contribution in [-0.2, 0) is 7.05 Å². The number of fused-ring (bicyclic) bond motifs is 2. The lowest BCUT2D eigenvalue weighted by Crippen LogP contribution is -3.00. The molecule has 0 amide bonds. The Morgan fingerprint density at radius 3 is 1.90 bits per heavy atom. The number of hydrogen-bond donors (Lipinski definition) is 0. The van der Waals surface area contributed by atoms with Crippen LogP contribution in [0.2, 0.25) is 0 Å². The molecular weight excluding hydrogens is 380 g/mol. The molecule has 0 unspecified atom stereocenters. The minimum absolute atomic E-state index is 0. The van der Waals surface area contributed by atoms with Crippen LogP contribution < -0.4 is 26.6 Å². The Hall–Kier alpha value is -2.78. The summed E-state index contributed by atoms with van der Waals surface area (Å²) in [6.45, 7) is 6.32. The van der Waals surface area contributed by atoms with E-state index in [-0.39, 0.29) is 12.4 Å². The molecule has 150 valence electrons. The second-order valence-electron chi connectivity index (χ2n) is 7.03. The molecule has 0 atom stereocenters. The Balaban J connectivity index is 0.00000240. The zero-order valence-corrected chi connectivity index (χ0v) is 18.2. The number of benzene rings is 3. The topological polar surface area (TPSA) is 16.4 Å². The van der Waals surface area contributed by atoms with Gasteiger partial charge in [-0.2, -0.15) is 4.57 Å². The molecular formula is C25H27ClN2O. The summed E-state index contributed by atoms with van der Waals surface area (Å²) in [5.41, 5.74) is 5.98. The molecule has 0 saturated heterocycles. The van der Waals surface area contributed by atoms with Crippen molar-refractivity contribution < 1.29 is 21.7 Å². The molecule has 0 aliphatic rings. The molecule has 0 radical (unpaired) electrons. The minimum atomic E-state index is 0. The van der Waals surface area contributed by atoms with Crippen molar-refractivity contribution in [3.8, 4) is 16.9 Å². The maximum Gasteiger partial charge on any atom is 0.213 e. The lowest BCUT2D eigenvalue weighted by Gasteiger charge is -2.23. The normalized spacial score (nSPS) is 10.8. The Morgan fingerprint density at radius 2 is 1.38 bits per heavy atom. The van der Waals surface area contributed by atoms with Crippen molar-refractivity contribution in [2.75, 3.05) is 25.1 Å². The lowest BCUT2D eigenvalue weighted by molar-refractivity contribution is -0.617. The number of rotatable bonds is 5. The number of aromatic nitrogens is 1. The zero-order chi connectivity index (χ0) is 19.7. The van der Waals surface area contributed by atoms with E-state index < -0.39 is 0 Å². The fourth-order valence-corrected chi connectivity index (χ4v) is 4.19. The van der Waals surface area contributed by atoms with Crippen LogP contribution in [-0.4, -0.2) is 20.2 Å². The van der Waals surface area contributed by atoms with Gasteiger partial charge in [0.25, 0.3) is 0 Å². The lowest BCUT2D eigenvalue weighted by atomic mass is 9.94. The van der Waals surface area contributed by atoms with Gasteiger partial charge >= 0.3 is 0 Å². The van der Waals surface area contributed by atoms with E-state index in [1.54, 1.807) is 7.11 Å². The van der Waals surface area contributed by atoms with Crippen LogP contribution in [0.25, 0.3) is 32.9 Å². The molecule has 0 N–H and O–H groups in total. The van der Waals surface area contributed by atoms with E-state index in [9.17, 15) is 0 Å². The average molecular weight is 407 g/mol. The maximum absolute atomic E-state index is 5.87. The summed E-state index contributed by atoms with van der Waals surface area (Å²) < 4.78 is 8.14. The van der Waals surface area contributed by atoms with Gasteiger partial charge in [0, 0.05) is 48.1 Å². The number of anilines is 1. The van der Waals surface area contributed by atoms with Crippen LogP contribution in [0.5, 0.6) is 5.75 Å². The predicted molar refractivity (Wildman–Crippen MR) is 118 cm³/mol. The Labute approximate surface area is 178 Å².